The largest absolute Gasteiger partial charge is 0.392 e. The summed E-state index contributed by atoms with van der Waals surface area (Å²) >= 11 is 0. The summed E-state index contributed by atoms with van der Waals surface area (Å²) in [5.41, 5.74) is 2.21. The molecule has 0 unspecified atom stereocenters. The molecule has 152 valence electrons. The van der Waals surface area contributed by atoms with Gasteiger partial charge in [0.1, 0.15) is 17.5 Å². The van der Waals surface area contributed by atoms with Crippen molar-refractivity contribution in [1.29, 1.82) is 0 Å². The molecule has 7 heteroatoms. The molecule has 3 aromatic rings. The van der Waals surface area contributed by atoms with E-state index < -0.39 is 17.7 Å². The Morgan fingerprint density at radius 1 is 1.17 bits per heavy atom. The van der Waals surface area contributed by atoms with Crippen molar-refractivity contribution in [1.82, 2.24) is 10.3 Å². The second-order valence-electron chi connectivity index (χ2n) is 7.69. The number of aromatic amines is 1. The van der Waals surface area contributed by atoms with Gasteiger partial charge < -0.3 is 15.4 Å². The van der Waals surface area contributed by atoms with E-state index in [-0.39, 0.29) is 35.6 Å². The first-order valence-electron chi connectivity index (χ1n) is 9.55. The summed E-state index contributed by atoms with van der Waals surface area (Å²) in [5.74, 6) is -2.17. The third kappa shape index (κ3) is 3.74. The van der Waals surface area contributed by atoms with Crippen molar-refractivity contribution in [3.8, 4) is 11.3 Å². The number of hydrogen-bond donors (Lipinski definition) is 3. The highest BCUT2D eigenvalue weighted by atomic mass is 19.1. The first kappa shape index (κ1) is 19.5. The van der Waals surface area contributed by atoms with Gasteiger partial charge in [0, 0.05) is 23.9 Å². The van der Waals surface area contributed by atoms with Crippen LogP contribution in [0.25, 0.3) is 22.2 Å². The summed E-state index contributed by atoms with van der Waals surface area (Å²) in [6.07, 6.45) is 0.440. The molecule has 4 nitrogen and oxygen atoms in total. The lowest BCUT2D eigenvalue weighted by molar-refractivity contribution is -0.128. The van der Waals surface area contributed by atoms with E-state index in [0.717, 1.165) is 11.6 Å². The van der Waals surface area contributed by atoms with Crippen molar-refractivity contribution >= 4 is 16.8 Å². The molecule has 0 saturated heterocycles. The molecule has 1 saturated carbocycles. The first-order valence-corrected chi connectivity index (χ1v) is 9.55. The third-order valence-corrected chi connectivity index (χ3v) is 5.49. The number of fused-ring (bicyclic) bond motifs is 1. The molecule has 1 aliphatic carbocycles. The molecule has 29 heavy (non-hydrogen) atoms. The van der Waals surface area contributed by atoms with Gasteiger partial charge >= 0.3 is 0 Å². The summed E-state index contributed by atoms with van der Waals surface area (Å²) in [7, 11) is 0. The van der Waals surface area contributed by atoms with Crippen LogP contribution >= 0.6 is 0 Å². The minimum absolute atomic E-state index is 0.0627. The van der Waals surface area contributed by atoms with Gasteiger partial charge in [0.25, 0.3) is 0 Å². The Morgan fingerprint density at radius 3 is 2.52 bits per heavy atom. The summed E-state index contributed by atoms with van der Waals surface area (Å²) in [6, 6.07) is 7.91. The van der Waals surface area contributed by atoms with Crippen molar-refractivity contribution in [3.05, 3.63) is 59.4 Å². The molecule has 0 bridgehead atoms. The van der Waals surface area contributed by atoms with E-state index in [4.69, 9.17) is 0 Å². The highest BCUT2D eigenvalue weighted by Gasteiger charge is 2.38. The molecule has 0 radical (unpaired) electrons. The predicted molar refractivity (Wildman–Crippen MR) is 104 cm³/mol. The van der Waals surface area contributed by atoms with Crippen molar-refractivity contribution in [2.75, 3.05) is 6.54 Å². The molecule has 1 aromatic heterocycles. The maximum absolute atomic E-state index is 14.4. The molecule has 1 amide bonds. The van der Waals surface area contributed by atoms with Crippen LogP contribution < -0.4 is 5.32 Å². The molecule has 3 N–H and O–H groups in total. The van der Waals surface area contributed by atoms with E-state index in [2.05, 4.69) is 10.3 Å². The summed E-state index contributed by atoms with van der Waals surface area (Å²) in [5, 5.41) is 12.5. The van der Waals surface area contributed by atoms with Crippen LogP contribution in [0.4, 0.5) is 13.2 Å². The zero-order chi connectivity index (χ0) is 20.7. The first-order chi connectivity index (χ1) is 13.8. The fraction of sp³-hybridized carbons (Fsp3) is 0.318. The molecule has 2 aromatic carbocycles. The van der Waals surface area contributed by atoms with Crippen LogP contribution in [0.1, 0.15) is 31.2 Å². The molecule has 1 aliphatic rings. The average Bonchev–Trinajstić information content (AvgIpc) is 2.99. The molecule has 4 rings (SSSR count). The second-order valence-corrected chi connectivity index (χ2v) is 7.69. The summed E-state index contributed by atoms with van der Waals surface area (Å²) in [6.45, 7) is 1.78. The van der Waals surface area contributed by atoms with E-state index in [1.807, 2.05) is 0 Å². The van der Waals surface area contributed by atoms with Crippen LogP contribution in [0.5, 0.6) is 0 Å². The SMILES string of the molecule is C[C@@H](O)CNC(=O)[C@H]1C[C@H](c2c(-c3ccc(F)cc3)[nH]c3c(F)cc(F)cc32)C1. The Hall–Kier alpha value is -2.80. The van der Waals surface area contributed by atoms with E-state index in [0.29, 0.717) is 29.5 Å². The quantitative estimate of drug-likeness (QED) is 0.598. The maximum atomic E-state index is 14.4. The topological polar surface area (TPSA) is 65.1 Å². The van der Waals surface area contributed by atoms with Gasteiger partial charge in [-0.2, -0.15) is 0 Å². The van der Waals surface area contributed by atoms with Crippen LogP contribution in [-0.2, 0) is 4.79 Å². The van der Waals surface area contributed by atoms with Gasteiger partial charge in [-0.1, -0.05) is 0 Å². The van der Waals surface area contributed by atoms with Crippen LogP contribution in [0.15, 0.2) is 36.4 Å². The van der Waals surface area contributed by atoms with E-state index in [1.54, 1.807) is 19.1 Å². The number of rotatable bonds is 5. The van der Waals surface area contributed by atoms with Crippen molar-refractivity contribution in [2.24, 2.45) is 5.92 Å². The Balaban J connectivity index is 1.69. The Morgan fingerprint density at radius 2 is 1.86 bits per heavy atom. The Bertz CT molecular complexity index is 1050. The van der Waals surface area contributed by atoms with Gasteiger partial charge in [-0.25, -0.2) is 13.2 Å². The number of halogens is 3. The second kappa shape index (κ2) is 7.55. The number of H-pyrrole nitrogens is 1. The average molecular weight is 402 g/mol. The Labute approximate surface area is 165 Å². The van der Waals surface area contributed by atoms with Crippen LogP contribution in [0.3, 0.4) is 0 Å². The monoisotopic (exact) mass is 402 g/mol. The molecular weight excluding hydrogens is 381 g/mol. The van der Waals surface area contributed by atoms with E-state index in [9.17, 15) is 23.1 Å². The number of aromatic nitrogens is 1. The minimum atomic E-state index is -0.694. The number of aliphatic hydroxyl groups excluding tert-OH is 1. The molecule has 0 spiro atoms. The van der Waals surface area contributed by atoms with Crippen molar-refractivity contribution < 1.29 is 23.1 Å². The fourth-order valence-electron chi connectivity index (χ4n) is 3.97. The predicted octanol–water partition coefficient (Wildman–Crippen LogP) is 4.24. The van der Waals surface area contributed by atoms with Crippen LogP contribution in [0, 0.1) is 23.4 Å². The zero-order valence-electron chi connectivity index (χ0n) is 15.8. The van der Waals surface area contributed by atoms with E-state index >= 15 is 0 Å². The normalized spacial score (nSPS) is 19.8. The number of nitrogens with one attached hydrogen (secondary N) is 2. The summed E-state index contributed by atoms with van der Waals surface area (Å²) < 4.78 is 41.6. The number of hydrogen-bond acceptors (Lipinski definition) is 2. The summed E-state index contributed by atoms with van der Waals surface area (Å²) in [4.78, 5) is 15.2. The lowest BCUT2D eigenvalue weighted by atomic mass is 9.70. The number of aliphatic hydroxyl groups is 1. The number of amides is 1. The van der Waals surface area contributed by atoms with Crippen molar-refractivity contribution in [2.45, 2.75) is 31.8 Å². The lowest BCUT2D eigenvalue weighted by Gasteiger charge is -2.35. The number of benzene rings is 2. The molecule has 1 fully saturated rings. The lowest BCUT2D eigenvalue weighted by Crippen LogP contribution is -2.40. The highest BCUT2D eigenvalue weighted by molar-refractivity contribution is 5.92. The highest BCUT2D eigenvalue weighted by Crippen LogP contribution is 2.48. The molecular formula is C22H21F3N2O2. The molecule has 1 atom stereocenters. The third-order valence-electron chi connectivity index (χ3n) is 5.49. The number of carbonyl (C=O) groups is 1. The van der Waals surface area contributed by atoms with Gasteiger partial charge in [0.2, 0.25) is 5.91 Å². The standard InChI is InChI=1S/C22H21F3N2O2/c1-11(28)10-26-22(29)14-6-13(7-14)19-17-8-16(24)9-18(25)21(17)27-20(19)12-2-4-15(23)5-3-12/h2-5,8-9,11,13-14,27-28H,6-7,10H2,1H3,(H,26,29)/t11-,13-,14-/m1/s1. The van der Waals surface area contributed by atoms with Gasteiger partial charge in [0.15, 0.2) is 0 Å². The van der Waals surface area contributed by atoms with Gasteiger partial charge in [-0.15, -0.1) is 0 Å². The zero-order valence-corrected chi connectivity index (χ0v) is 15.8. The van der Waals surface area contributed by atoms with Crippen LogP contribution in [0.2, 0.25) is 0 Å². The number of carbonyl (C=O) groups excluding carboxylic acids is 1. The smallest absolute Gasteiger partial charge is 0.223 e. The fourth-order valence-corrected chi connectivity index (χ4v) is 3.97. The van der Waals surface area contributed by atoms with Gasteiger partial charge in [-0.3, -0.25) is 4.79 Å². The minimum Gasteiger partial charge on any atom is -0.392 e. The van der Waals surface area contributed by atoms with Crippen molar-refractivity contribution in [3.63, 3.8) is 0 Å². The molecule has 1 heterocycles. The van der Waals surface area contributed by atoms with Crippen LogP contribution in [-0.4, -0.2) is 28.6 Å². The van der Waals surface area contributed by atoms with Gasteiger partial charge in [0.05, 0.1) is 17.3 Å². The molecule has 0 aliphatic heterocycles. The maximum Gasteiger partial charge on any atom is 0.223 e. The van der Waals surface area contributed by atoms with E-state index in [1.165, 1.54) is 18.2 Å². The Kier molecular flexibility index (Phi) is 5.08. The van der Waals surface area contributed by atoms with Gasteiger partial charge in [-0.05, 0) is 67.1 Å².